The normalized spacial score (nSPS) is 12.8. The van der Waals surface area contributed by atoms with E-state index in [4.69, 9.17) is 11.6 Å². The zero-order chi connectivity index (χ0) is 13.4. The molecule has 0 aliphatic rings. The van der Waals surface area contributed by atoms with Gasteiger partial charge in [-0.25, -0.2) is 0 Å². The van der Waals surface area contributed by atoms with Gasteiger partial charge in [-0.15, -0.1) is 22.9 Å². The van der Waals surface area contributed by atoms with E-state index in [0.29, 0.717) is 0 Å². The first-order valence-corrected chi connectivity index (χ1v) is 7.98. The van der Waals surface area contributed by atoms with Gasteiger partial charge in [0.05, 0.1) is 9.16 Å². The van der Waals surface area contributed by atoms with Crippen LogP contribution in [0.2, 0.25) is 0 Å². The molecule has 18 heavy (non-hydrogen) atoms. The van der Waals surface area contributed by atoms with Gasteiger partial charge < -0.3 is 0 Å². The van der Waals surface area contributed by atoms with E-state index in [9.17, 15) is 0 Å². The maximum absolute atomic E-state index is 6.69. The van der Waals surface area contributed by atoms with E-state index in [2.05, 4.69) is 61.1 Å². The summed E-state index contributed by atoms with van der Waals surface area (Å²) in [6.45, 7) is 8.62. The summed E-state index contributed by atoms with van der Waals surface area (Å²) in [5.41, 5.74) is 7.67. The fourth-order valence-electron chi connectivity index (χ4n) is 2.25. The van der Waals surface area contributed by atoms with Crippen LogP contribution < -0.4 is 0 Å². The van der Waals surface area contributed by atoms with Gasteiger partial charge in [0.1, 0.15) is 0 Å². The number of benzene rings is 1. The highest BCUT2D eigenvalue weighted by molar-refractivity contribution is 9.11. The van der Waals surface area contributed by atoms with Crippen molar-refractivity contribution in [2.24, 2.45) is 0 Å². The summed E-state index contributed by atoms with van der Waals surface area (Å²) >= 11 is 11.9. The Balaban J connectivity index is 2.57. The summed E-state index contributed by atoms with van der Waals surface area (Å²) < 4.78 is 1.13. The molecule has 1 aromatic heterocycles. The highest BCUT2D eigenvalue weighted by atomic mass is 79.9. The van der Waals surface area contributed by atoms with Gasteiger partial charge in [0, 0.05) is 0 Å². The number of rotatable bonds is 2. The van der Waals surface area contributed by atoms with Crippen molar-refractivity contribution in [3.8, 4) is 0 Å². The van der Waals surface area contributed by atoms with Crippen molar-refractivity contribution in [1.29, 1.82) is 0 Å². The van der Waals surface area contributed by atoms with Crippen molar-refractivity contribution in [1.82, 2.24) is 0 Å². The van der Waals surface area contributed by atoms with Gasteiger partial charge in [-0.05, 0) is 88.5 Å². The van der Waals surface area contributed by atoms with Gasteiger partial charge in [0.15, 0.2) is 0 Å². The summed E-state index contributed by atoms with van der Waals surface area (Å²) in [7, 11) is 0. The molecule has 3 heteroatoms. The van der Waals surface area contributed by atoms with Gasteiger partial charge in [0.2, 0.25) is 0 Å². The molecule has 1 heterocycles. The van der Waals surface area contributed by atoms with Crippen LogP contribution in [-0.4, -0.2) is 0 Å². The van der Waals surface area contributed by atoms with Crippen LogP contribution in [-0.2, 0) is 0 Å². The molecule has 0 aliphatic carbocycles. The average Bonchev–Trinajstić information content (AvgIpc) is 2.73. The minimum Gasteiger partial charge on any atom is -0.136 e. The van der Waals surface area contributed by atoms with Gasteiger partial charge >= 0.3 is 0 Å². The lowest BCUT2D eigenvalue weighted by atomic mass is 9.90. The van der Waals surface area contributed by atoms with Gasteiger partial charge in [-0.2, -0.15) is 0 Å². The number of hydrogen-bond acceptors (Lipinski definition) is 1. The predicted octanol–water partition coefficient (Wildman–Crippen LogP) is 6.07. The summed E-state index contributed by atoms with van der Waals surface area (Å²) in [6.07, 6.45) is 0. The topological polar surface area (TPSA) is 0 Å². The number of alkyl halides is 1. The summed E-state index contributed by atoms with van der Waals surface area (Å²) in [6, 6.07) is 4.35. The van der Waals surface area contributed by atoms with Crippen molar-refractivity contribution in [2.75, 3.05) is 0 Å². The quantitative estimate of drug-likeness (QED) is 0.580. The molecule has 2 rings (SSSR count). The Bertz CT molecular complexity index is 560. The minimum absolute atomic E-state index is 0.0638. The van der Waals surface area contributed by atoms with E-state index in [1.54, 1.807) is 11.3 Å². The molecule has 0 radical (unpaired) electrons. The van der Waals surface area contributed by atoms with Crippen LogP contribution in [0.15, 0.2) is 21.3 Å². The molecule has 96 valence electrons. The van der Waals surface area contributed by atoms with Crippen LogP contribution in [0.4, 0.5) is 0 Å². The third kappa shape index (κ3) is 2.52. The van der Waals surface area contributed by atoms with Crippen molar-refractivity contribution >= 4 is 38.9 Å². The lowest BCUT2D eigenvalue weighted by molar-refractivity contribution is 1.06. The fourth-order valence-corrected chi connectivity index (χ4v) is 3.98. The fraction of sp³-hybridized carbons (Fsp3) is 0.333. The number of thiophene rings is 1. The van der Waals surface area contributed by atoms with Gasteiger partial charge in [-0.3, -0.25) is 0 Å². The van der Waals surface area contributed by atoms with Crippen molar-refractivity contribution in [2.45, 2.75) is 33.1 Å². The van der Waals surface area contributed by atoms with E-state index in [1.807, 2.05) is 0 Å². The zero-order valence-electron chi connectivity index (χ0n) is 11.0. The summed E-state index contributed by atoms with van der Waals surface area (Å²) in [4.78, 5) is 0. The van der Waals surface area contributed by atoms with Gasteiger partial charge in [0.25, 0.3) is 0 Å². The number of aryl methyl sites for hydroxylation is 2. The lowest BCUT2D eigenvalue weighted by Gasteiger charge is -2.19. The predicted molar refractivity (Wildman–Crippen MR) is 85.1 cm³/mol. The van der Waals surface area contributed by atoms with Crippen LogP contribution in [0.3, 0.4) is 0 Å². The highest BCUT2D eigenvalue weighted by Gasteiger charge is 2.19. The van der Waals surface area contributed by atoms with Crippen LogP contribution in [0.1, 0.15) is 38.8 Å². The maximum Gasteiger partial charge on any atom is 0.0849 e. The lowest BCUT2D eigenvalue weighted by Crippen LogP contribution is -2.02. The van der Waals surface area contributed by atoms with Crippen LogP contribution in [0, 0.1) is 27.7 Å². The molecular weight excluding hydrogens is 328 g/mol. The highest BCUT2D eigenvalue weighted by Crippen LogP contribution is 2.38. The van der Waals surface area contributed by atoms with Crippen LogP contribution in [0.25, 0.3) is 0 Å². The second-order valence-corrected chi connectivity index (χ2v) is 7.45. The zero-order valence-corrected chi connectivity index (χ0v) is 14.1. The molecule has 0 saturated carbocycles. The molecule has 0 bridgehead atoms. The summed E-state index contributed by atoms with van der Waals surface area (Å²) in [5.74, 6) is 0. The minimum atomic E-state index is -0.0638. The molecule has 0 spiro atoms. The first-order chi connectivity index (χ1) is 8.41. The molecule has 0 aliphatic heterocycles. The molecule has 1 unspecified atom stereocenters. The van der Waals surface area contributed by atoms with Gasteiger partial charge in [-0.1, -0.05) is 6.07 Å². The number of hydrogen-bond donors (Lipinski definition) is 0. The largest absolute Gasteiger partial charge is 0.136 e. The Hall–Kier alpha value is -0.310. The SMILES string of the molecule is Cc1cc(C)c(C)c(C(Cl)c2csc(Br)c2)c1C. The van der Waals surface area contributed by atoms with Crippen molar-refractivity contribution in [3.05, 3.63) is 54.7 Å². The third-order valence-corrected chi connectivity index (χ3v) is 5.55. The molecule has 1 aromatic carbocycles. The Morgan fingerprint density at radius 1 is 1.06 bits per heavy atom. The Kier molecular flexibility index (Phi) is 4.20. The first-order valence-electron chi connectivity index (χ1n) is 5.87. The molecule has 0 saturated heterocycles. The van der Waals surface area contributed by atoms with Crippen LogP contribution in [0.5, 0.6) is 0 Å². The second kappa shape index (κ2) is 5.36. The molecule has 0 nitrogen and oxygen atoms in total. The van der Waals surface area contributed by atoms with E-state index < -0.39 is 0 Å². The third-order valence-electron chi connectivity index (χ3n) is 3.56. The van der Waals surface area contributed by atoms with E-state index in [1.165, 1.54) is 33.4 Å². The summed E-state index contributed by atoms with van der Waals surface area (Å²) in [5, 5.41) is 2.06. The van der Waals surface area contributed by atoms with Crippen molar-refractivity contribution < 1.29 is 0 Å². The molecule has 1 atom stereocenters. The van der Waals surface area contributed by atoms with E-state index in [0.717, 1.165) is 3.79 Å². The van der Waals surface area contributed by atoms with Crippen LogP contribution >= 0.6 is 38.9 Å². The Morgan fingerprint density at radius 2 is 1.61 bits per heavy atom. The molecule has 0 fully saturated rings. The molecule has 2 aromatic rings. The monoisotopic (exact) mass is 342 g/mol. The second-order valence-electron chi connectivity index (χ2n) is 4.72. The molecule has 0 N–H and O–H groups in total. The molecule has 0 amide bonds. The standard InChI is InChI=1S/C15H16BrClS/c1-8-5-9(2)11(4)14(10(8)3)15(17)12-6-13(16)18-7-12/h5-7,15H,1-4H3. The van der Waals surface area contributed by atoms with Crippen molar-refractivity contribution in [3.63, 3.8) is 0 Å². The maximum atomic E-state index is 6.69. The Labute approximate surface area is 126 Å². The smallest absolute Gasteiger partial charge is 0.0849 e. The van der Waals surface area contributed by atoms with E-state index >= 15 is 0 Å². The number of halogens is 2. The molecular formula is C15H16BrClS. The average molecular weight is 344 g/mol. The van der Waals surface area contributed by atoms with E-state index in [-0.39, 0.29) is 5.38 Å². The first kappa shape index (κ1) is 14.1. The Morgan fingerprint density at radius 3 is 2.06 bits per heavy atom.